The Kier molecular flexibility index (Phi) is 3.16. The SMILES string of the molecule is CCNc1nc(N(CC2CC2)CC2CC2)c2[nH]cnc2n1. The summed E-state index contributed by atoms with van der Waals surface area (Å²) in [5, 5.41) is 3.22. The zero-order valence-corrected chi connectivity index (χ0v) is 12.5. The highest BCUT2D eigenvalue weighted by Gasteiger charge is 2.31. The van der Waals surface area contributed by atoms with E-state index in [0.29, 0.717) is 5.95 Å². The van der Waals surface area contributed by atoms with Crippen molar-refractivity contribution in [1.29, 1.82) is 0 Å². The molecule has 6 nitrogen and oxygen atoms in total. The molecule has 0 atom stereocenters. The van der Waals surface area contributed by atoms with Gasteiger partial charge in [0.1, 0.15) is 5.52 Å². The number of fused-ring (bicyclic) bond motifs is 1. The summed E-state index contributed by atoms with van der Waals surface area (Å²) < 4.78 is 0. The van der Waals surface area contributed by atoms with Crippen LogP contribution in [0.25, 0.3) is 11.2 Å². The van der Waals surface area contributed by atoms with Crippen LogP contribution in [0.4, 0.5) is 11.8 Å². The lowest BCUT2D eigenvalue weighted by Gasteiger charge is -2.24. The first-order chi connectivity index (χ1) is 10.3. The van der Waals surface area contributed by atoms with Gasteiger partial charge in [0.25, 0.3) is 0 Å². The van der Waals surface area contributed by atoms with Crippen LogP contribution in [0.5, 0.6) is 0 Å². The predicted molar refractivity (Wildman–Crippen MR) is 83.5 cm³/mol. The van der Waals surface area contributed by atoms with Crippen LogP contribution in [0, 0.1) is 11.8 Å². The highest BCUT2D eigenvalue weighted by atomic mass is 15.3. The standard InChI is InChI=1S/C15H22N6/c1-2-16-15-19-13-12(17-9-18-13)14(20-15)21(7-10-3-4-10)8-11-5-6-11/h9-11H,2-8H2,1H3,(H2,16,17,18,19,20). The number of nitrogens with zero attached hydrogens (tertiary/aromatic N) is 4. The molecular formula is C15H22N6. The summed E-state index contributed by atoms with van der Waals surface area (Å²) in [5.74, 6) is 3.40. The molecule has 2 fully saturated rings. The largest absolute Gasteiger partial charge is 0.354 e. The maximum absolute atomic E-state index is 4.76. The van der Waals surface area contributed by atoms with E-state index in [-0.39, 0.29) is 0 Å². The third kappa shape index (κ3) is 2.80. The zero-order valence-electron chi connectivity index (χ0n) is 12.5. The van der Waals surface area contributed by atoms with Crippen LogP contribution in [0.2, 0.25) is 0 Å². The third-order valence-corrected chi connectivity index (χ3v) is 4.25. The van der Waals surface area contributed by atoms with Gasteiger partial charge in [-0.25, -0.2) is 4.98 Å². The van der Waals surface area contributed by atoms with E-state index in [9.17, 15) is 0 Å². The Morgan fingerprint density at radius 1 is 1.19 bits per heavy atom. The van der Waals surface area contributed by atoms with Crippen LogP contribution in [0.1, 0.15) is 32.6 Å². The Balaban J connectivity index is 1.70. The molecule has 0 amide bonds. The van der Waals surface area contributed by atoms with Crippen molar-refractivity contribution in [2.75, 3.05) is 29.9 Å². The van der Waals surface area contributed by atoms with Crippen LogP contribution in [0.3, 0.4) is 0 Å². The molecule has 0 aromatic carbocycles. The molecule has 2 aliphatic rings. The van der Waals surface area contributed by atoms with E-state index in [0.717, 1.165) is 48.5 Å². The molecule has 2 aliphatic carbocycles. The average molecular weight is 286 g/mol. The number of aromatic amines is 1. The fraction of sp³-hybridized carbons (Fsp3) is 0.667. The van der Waals surface area contributed by atoms with Gasteiger partial charge in [0, 0.05) is 19.6 Å². The van der Waals surface area contributed by atoms with Gasteiger partial charge in [0.15, 0.2) is 11.5 Å². The van der Waals surface area contributed by atoms with Crippen molar-refractivity contribution in [3.05, 3.63) is 6.33 Å². The molecule has 2 aromatic rings. The Labute approximate surface area is 124 Å². The Morgan fingerprint density at radius 2 is 1.90 bits per heavy atom. The first-order valence-electron chi connectivity index (χ1n) is 8.03. The molecule has 0 unspecified atom stereocenters. The van der Waals surface area contributed by atoms with E-state index >= 15 is 0 Å². The summed E-state index contributed by atoms with van der Waals surface area (Å²) in [6.45, 7) is 5.12. The average Bonchev–Trinajstić information content (AvgIpc) is 3.39. The maximum atomic E-state index is 4.76. The van der Waals surface area contributed by atoms with Gasteiger partial charge in [-0.3, -0.25) is 0 Å². The molecule has 0 radical (unpaired) electrons. The number of H-pyrrole nitrogens is 1. The van der Waals surface area contributed by atoms with E-state index < -0.39 is 0 Å². The van der Waals surface area contributed by atoms with Gasteiger partial charge in [-0.05, 0) is 44.4 Å². The number of anilines is 2. The highest BCUT2D eigenvalue weighted by molar-refractivity contribution is 5.84. The smallest absolute Gasteiger partial charge is 0.226 e. The molecular weight excluding hydrogens is 264 g/mol. The van der Waals surface area contributed by atoms with Crippen molar-refractivity contribution in [3.63, 3.8) is 0 Å². The number of nitrogens with one attached hydrogen (secondary N) is 2. The van der Waals surface area contributed by atoms with E-state index in [2.05, 4.69) is 32.1 Å². The molecule has 0 aliphatic heterocycles. The molecule has 0 saturated heterocycles. The molecule has 0 spiro atoms. The van der Waals surface area contributed by atoms with Crippen LogP contribution >= 0.6 is 0 Å². The fourth-order valence-corrected chi connectivity index (χ4v) is 2.76. The van der Waals surface area contributed by atoms with Crippen molar-refractivity contribution in [2.24, 2.45) is 11.8 Å². The number of hydrogen-bond acceptors (Lipinski definition) is 5. The lowest BCUT2D eigenvalue weighted by Crippen LogP contribution is -2.29. The molecule has 2 saturated carbocycles. The quantitative estimate of drug-likeness (QED) is 0.818. The van der Waals surface area contributed by atoms with Crippen molar-refractivity contribution in [3.8, 4) is 0 Å². The van der Waals surface area contributed by atoms with Gasteiger partial charge in [-0.1, -0.05) is 0 Å². The van der Waals surface area contributed by atoms with Crippen molar-refractivity contribution >= 4 is 22.9 Å². The molecule has 4 rings (SSSR count). The molecule has 0 bridgehead atoms. The van der Waals surface area contributed by atoms with Gasteiger partial charge >= 0.3 is 0 Å². The molecule has 2 N–H and O–H groups in total. The lowest BCUT2D eigenvalue weighted by atomic mass is 10.3. The normalized spacial score (nSPS) is 18.1. The first kappa shape index (κ1) is 12.9. The highest BCUT2D eigenvalue weighted by Crippen LogP contribution is 2.36. The number of aromatic nitrogens is 4. The molecule has 2 aromatic heterocycles. The fourth-order valence-electron chi connectivity index (χ4n) is 2.76. The van der Waals surface area contributed by atoms with Gasteiger partial charge in [0.05, 0.1) is 6.33 Å². The van der Waals surface area contributed by atoms with Crippen LogP contribution < -0.4 is 10.2 Å². The Bertz CT molecular complexity index is 614. The minimum absolute atomic E-state index is 0.684. The second-order valence-electron chi connectivity index (χ2n) is 6.29. The monoisotopic (exact) mass is 286 g/mol. The molecule has 6 heteroatoms. The van der Waals surface area contributed by atoms with Crippen molar-refractivity contribution in [2.45, 2.75) is 32.6 Å². The summed E-state index contributed by atoms with van der Waals surface area (Å²) in [6, 6.07) is 0. The Morgan fingerprint density at radius 3 is 2.52 bits per heavy atom. The lowest BCUT2D eigenvalue weighted by molar-refractivity contribution is 0.673. The van der Waals surface area contributed by atoms with E-state index in [4.69, 9.17) is 4.98 Å². The first-order valence-corrected chi connectivity index (χ1v) is 8.03. The molecule has 2 heterocycles. The second-order valence-corrected chi connectivity index (χ2v) is 6.29. The summed E-state index contributed by atoms with van der Waals surface area (Å²) >= 11 is 0. The minimum atomic E-state index is 0.684. The number of imidazole rings is 1. The van der Waals surface area contributed by atoms with Gasteiger partial charge < -0.3 is 15.2 Å². The minimum Gasteiger partial charge on any atom is -0.354 e. The predicted octanol–water partition coefficient (Wildman–Crippen LogP) is 2.41. The Hall–Kier alpha value is -1.85. The van der Waals surface area contributed by atoms with Crippen molar-refractivity contribution < 1.29 is 0 Å². The number of rotatable bonds is 7. The summed E-state index contributed by atoms with van der Waals surface area (Å²) in [7, 11) is 0. The van der Waals surface area contributed by atoms with Crippen LogP contribution in [-0.4, -0.2) is 39.6 Å². The maximum Gasteiger partial charge on any atom is 0.226 e. The van der Waals surface area contributed by atoms with Gasteiger partial charge in [-0.15, -0.1) is 0 Å². The summed E-state index contributed by atoms with van der Waals surface area (Å²) in [5.41, 5.74) is 1.73. The topological polar surface area (TPSA) is 69.7 Å². The summed E-state index contributed by atoms with van der Waals surface area (Å²) in [6.07, 6.45) is 7.15. The molecule has 112 valence electrons. The molecule has 21 heavy (non-hydrogen) atoms. The third-order valence-electron chi connectivity index (χ3n) is 4.25. The second kappa shape index (κ2) is 5.16. The number of hydrogen-bond donors (Lipinski definition) is 2. The van der Waals surface area contributed by atoms with Gasteiger partial charge in [0.2, 0.25) is 5.95 Å². The van der Waals surface area contributed by atoms with Crippen LogP contribution in [0.15, 0.2) is 6.33 Å². The zero-order chi connectivity index (χ0) is 14.2. The summed E-state index contributed by atoms with van der Waals surface area (Å²) in [4.78, 5) is 19.2. The van der Waals surface area contributed by atoms with Crippen molar-refractivity contribution in [1.82, 2.24) is 19.9 Å². The van der Waals surface area contributed by atoms with Crippen LogP contribution in [-0.2, 0) is 0 Å². The van der Waals surface area contributed by atoms with E-state index in [1.807, 2.05) is 0 Å². The van der Waals surface area contributed by atoms with E-state index in [1.54, 1.807) is 6.33 Å². The van der Waals surface area contributed by atoms with Gasteiger partial charge in [-0.2, -0.15) is 9.97 Å². The van der Waals surface area contributed by atoms with E-state index in [1.165, 1.54) is 25.7 Å².